The largest absolute Gasteiger partial charge is 0.373 e. The first-order valence-corrected chi connectivity index (χ1v) is 9.67. The first-order chi connectivity index (χ1) is 11.6. The second-order valence-electron chi connectivity index (χ2n) is 6.83. The van der Waals surface area contributed by atoms with Gasteiger partial charge in [-0.3, -0.25) is 4.79 Å². The van der Waals surface area contributed by atoms with Crippen molar-refractivity contribution in [2.45, 2.75) is 72.1 Å². The highest BCUT2D eigenvalue weighted by atomic mass is 16.1. The molecule has 1 aromatic rings. The molecule has 0 aliphatic carbocycles. The van der Waals surface area contributed by atoms with E-state index in [2.05, 4.69) is 50.9 Å². The van der Waals surface area contributed by atoms with Crippen LogP contribution in [0.3, 0.4) is 0 Å². The number of hydrogen-bond donors (Lipinski definition) is 0. The van der Waals surface area contributed by atoms with Crippen LogP contribution in [0.15, 0.2) is 18.2 Å². The van der Waals surface area contributed by atoms with Crippen LogP contribution < -0.4 is 9.80 Å². The van der Waals surface area contributed by atoms with Gasteiger partial charge in [0, 0.05) is 20.1 Å². The summed E-state index contributed by atoms with van der Waals surface area (Å²) in [5.74, 6) is 0. The number of benzene rings is 1. The second-order valence-corrected chi connectivity index (χ2v) is 6.83. The lowest BCUT2D eigenvalue weighted by atomic mass is 10.1. The molecule has 0 radical (unpaired) electrons. The number of rotatable bonds is 13. The zero-order valence-electron chi connectivity index (χ0n) is 16.2. The summed E-state index contributed by atoms with van der Waals surface area (Å²) in [6.45, 7) is 8.39. The fourth-order valence-electron chi connectivity index (χ4n) is 3.02. The second kappa shape index (κ2) is 11.9. The molecule has 0 atom stereocenters. The molecule has 0 heterocycles. The van der Waals surface area contributed by atoms with E-state index in [1.165, 1.54) is 56.2 Å². The number of hydrogen-bond acceptors (Lipinski definition) is 2. The lowest BCUT2D eigenvalue weighted by Gasteiger charge is -2.27. The van der Waals surface area contributed by atoms with Crippen molar-refractivity contribution in [1.82, 2.24) is 0 Å². The van der Waals surface area contributed by atoms with Crippen molar-refractivity contribution < 1.29 is 4.79 Å². The summed E-state index contributed by atoms with van der Waals surface area (Å²) in [6.07, 6.45) is 10.8. The van der Waals surface area contributed by atoms with Crippen LogP contribution in [-0.2, 0) is 4.79 Å². The van der Waals surface area contributed by atoms with E-state index in [9.17, 15) is 4.79 Å². The van der Waals surface area contributed by atoms with Crippen molar-refractivity contribution in [2.24, 2.45) is 0 Å². The molecule has 0 saturated heterocycles. The van der Waals surface area contributed by atoms with Crippen molar-refractivity contribution in [3.8, 4) is 0 Å². The molecular formula is C21H36N2O. The van der Waals surface area contributed by atoms with Gasteiger partial charge in [-0.2, -0.15) is 0 Å². The van der Waals surface area contributed by atoms with Crippen LogP contribution in [0.25, 0.3) is 0 Å². The third-order valence-electron chi connectivity index (χ3n) is 4.58. The third-order valence-corrected chi connectivity index (χ3v) is 4.58. The first-order valence-electron chi connectivity index (χ1n) is 9.67. The molecule has 0 unspecified atom stereocenters. The Hall–Kier alpha value is -1.51. The highest BCUT2D eigenvalue weighted by molar-refractivity contribution is 5.84. The average Bonchev–Trinajstić information content (AvgIpc) is 2.58. The lowest BCUT2D eigenvalue weighted by molar-refractivity contribution is -0.107. The van der Waals surface area contributed by atoms with Crippen molar-refractivity contribution in [2.75, 3.05) is 29.9 Å². The average molecular weight is 333 g/mol. The molecule has 136 valence electrons. The molecule has 1 aromatic carbocycles. The first kappa shape index (κ1) is 20.5. The summed E-state index contributed by atoms with van der Waals surface area (Å²) in [6, 6.07) is 6.45. The van der Waals surface area contributed by atoms with Gasteiger partial charge < -0.3 is 9.80 Å². The summed E-state index contributed by atoms with van der Waals surface area (Å²) in [5.41, 5.74) is 3.42. The summed E-state index contributed by atoms with van der Waals surface area (Å²) in [5, 5.41) is 0. The summed E-state index contributed by atoms with van der Waals surface area (Å²) in [7, 11) is 2.14. The Kier molecular flexibility index (Phi) is 10.2. The molecule has 0 fully saturated rings. The molecule has 0 saturated carbocycles. The molecule has 3 heteroatoms. The molecule has 0 aliphatic heterocycles. The summed E-state index contributed by atoms with van der Waals surface area (Å²) >= 11 is 0. The van der Waals surface area contributed by atoms with Gasteiger partial charge in [0.1, 0.15) is 0 Å². The Morgan fingerprint density at radius 3 is 2.08 bits per heavy atom. The van der Waals surface area contributed by atoms with Gasteiger partial charge in [-0.25, -0.2) is 0 Å². The van der Waals surface area contributed by atoms with Gasteiger partial charge in [0.05, 0.1) is 11.4 Å². The van der Waals surface area contributed by atoms with Crippen LogP contribution >= 0.6 is 0 Å². The number of unbranched alkanes of at least 4 members (excludes halogenated alkanes) is 6. The Labute approximate surface area is 149 Å². The Bertz CT molecular complexity index is 473. The van der Waals surface area contributed by atoms with Gasteiger partial charge in [-0.1, -0.05) is 58.4 Å². The van der Waals surface area contributed by atoms with Gasteiger partial charge in [-0.15, -0.1) is 0 Å². The lowest BCUT2D eigenvalue weighted by Crippen LogP contribution is -2.27. The predicted molar refractivity (Wildman–Crippen MR) is 106 cm³/mol. The van der Waals surface area contributed by atoms with Crippen LogP contribution in [0.1, 0.15) is 70.8 Å². The minimum atomic E-state index is 0.809. The normalized spacial score (nSPS) is 10.7. The van der Waals surface area contributed by atoms with Crippen LogP contribution in [0.4, 0.5) is 11.4 Å². The molecule has 0 spiro atoms. The van der Waals surface area contributed by atoms with E-state index in [1.807, 2.05) is 4.90 Å². The van der Waals surface area contributed by atoms with Crippen LogP contribution in [0.2, 0.25) is 0 Å². The zero-order chi connectivity index (χ0) is 17.8. The summed E-state index contributed by atoms with van der Waals surface area (Å²) < 4.78 is 0. The Balaban J connectivity index is 2.79. The smallest absolute Gasteiger partial charge is 0.214 e. The topological polar surface area (TPSA) is 23.6 Å². The highest BCUT2D eigenvalue weighted by Crippen LogP contribution is 2.30. The molecule has 3 nitrogen and oxygen atoms in total. The van der Waals surface area contributed by atoms with E-state index in [0.29, 0.717) is 0 Å². The highest BCUT2D eigenvalue weighted by Gasteiger charge is 2.14. The van der Waals surface area contributed by atoms with E-state index >= 15 is 0 Å². The van der Waals surface area contributed by atoms with Gasteiger partial charge in [0.2, 0.25) is 6.41 Å². The fourth-order valence-corrected chi connectivity index (χ4v) is 3.02. The monoisotopic (exact) mass is 332 g/mol. The van der Waals surface area contributed by atoms with Crippen LogP contribution in [0, 0.1) is 6.92 Å². The van der Waals surface area contributed by atoms with E-state index < -0.39 is 0 Å². The zero-order valence-corrected chi connectivity index (χ0v) is 16.2. The van der Waals surface area contributed by atoms with Crippen molar-refractivity contribution in [3.63, 3.8) is 0 Å². The molecule has 0 bridgehead atoms. The number of nitrogens with zero attached hydrogens (tertiary/aromatic N) is 2. The van der Waals surface area contributed by atoms with E-state index in [4.69, 9.17) is 0 Å². The molecule has 1 rings (SSSR count). The van der Waals surface area contributed by atoms with Crippen LogP contribution in [-0.4, -0.2) is 26.5 Å². The maximum Gasteiger partial charge on any atom is 0.214 e. The van der Waals surface area contributed by atoms with E-state index in [1.54, 1.807) is 0 Å². The minimum absolute atomic E-state index is 0.809. The fraction of sp³-hybridized carbons (Fsp3) is 0.667. The van der Waals surface area contributed by atoms with E-state index in [0.717, 1.165) is 31.6 Å². The van der Waals surface area contributed by atoms with Gasteiger partial charge >= 0.3 is 0 Å². The van der Waals surface area contributed by atoms with E-state index in [-0.39, 0.29) is 0 Å². The molecular weight excluding hydrogens is 296 g/mol. The third kappa shape index (κ3) is 6.94. The summed E-state index contributed by atoms with van der Waals surface area (Å²) in [4.78, 5) is 15.8. The molecule has 1 amide bonds. The van der Waals surface area contributed by atoms with Crippen molar-refractivity contribution in [1.29, 1.82) is 0 Å². The Morgan fingerprint density at radius 2 is 1.50 bits per heavy atom. The SMILES string of the molecule is CCCCCCN(C)c1ccc(C)cc1N(C=O)CCCCCC. The molecule has 0 aliphatic rings. The molecule has 24 heavy (non-hydrogen) atoms. The maximum atomic E-state index is 11.7. The maximum absolute atomic E-state index is 11.7. The minimum Gasteiger partial charge on any atom is -0.373 e. The van der Waals surface area contributed by atoms with Crippen molar-refractivity contribution in [3.05, 3.63) is 23.8 Å². The van der Waals surface area contributed by atoms with Gasteiger partial charge in [-0.05, 0) is 37.5 Å². The van der Waals surface area contributed by atoms with Crippen LogP contribution in [0.5, 0.6) is 0 Å². The molecule has 0 aromatic heterocycles. The Morgan fingerprint density at radius 1 is 0.875 bits per heavy atom. The number of anilines is 2. The quantitative estimate of drug-likeness (QED) is 0.349. The number of aryl methyl sites for hydroxylation is 1. The predicted octanol–water partition coefficient (Wildman–Crippen LogP) is 5.55. The van der Waals surface area contributed by atoms with Crippen molar-refractivity contribution >= 4 is 17.8 Å². The number of carbonyl (C=O) groups excluding carboxylic acids is 1. The number of amides is 1. The standard InChI is InChI=1S/C21H36N2O/c1-5-7-9-11-15-22(4)20-14-13-19(3)17-21(20)23(18-24)16-12-10-8-6-2/h13-14,17-18H,5-12,15-16H2,1-4H3. The van der Waals surface area contributed by atoms with Gasteiger partial charge in [0.15, 0.2) is 0 Å². The molecule has 0 N–H and O–H groups in total. The number of carbonyl (C=O) groups is 1. The van der Waals surface area contributed by atoms with Gasteiger partial charge in [0.25, 0.3) is 0 Å².